The SMILES string of the molecule is N=C/C=C(\Nc1ccccc1)c1nn(-c2cccc(OC(F)(F)F)c2)ccc1=O. The normalized spacial score (nSPS) is 11.8. The van der Waals surface area contributed by atoms with E-state index in [0.29, 0.717) is 5.69 Å². The molecule has 0 aliphatic heterocycles. The number of allylic oxidation sites excluding steroid dienone is 1. The molecule has 148 valence electrons. The van der Waals surface area contributed by atoms with Crippen LogP contribution >= 0.6 is 0 Å². The van der Waals surface area contributed by atoms with Gasteiger partial charge in [-0.1, -0.05) is 24.3 Å². The van der Waals surface area contributed by atoms with E-state index in [1.807, 2.05) is 6.07 Å². The molecule has 0 unspecified atom stereocenters. The average Bonchev–Trinajstić information content (AvgIpc) is 2.68. The number of rotatable bonds is 6. The highest BCUT2D eigenvalue weighted by atomic mass is 19.4. The van der Waals surface area contributed by atoms with Crippen LogP contribution in [0.15, 0.2) is 77.7 Å². The van der Waals surface area contributed by atoms with Gasteiger partial charge in [0.2, 0.25) is 5.43 Å². The Hall–Kier alpha value is -3.88. The van der Waals surface area contributed by atoms with Crippen molar-refractivity contribution in [2.75, 3.05) is 5.32 Å². The van der Waals surface area contributed by atoms with Crippen molar-refractivity contribution in [2.24, 2.45) is 0 Å². The quantitative estimate of drug-likeness (QED) is 0.607. The number of halogens is 3. The Morgan fingerprint density at radius 2 is 1.86 bits per heavy atom. The first kappa shape index (κ1) is 19.9. The summed E-state index contributed by atoms with van der Waals surface area (Å²) < 4.78 is 42.6. The zero-order valence-corrected chi connectivity index (χ0v) is 14.9. The Balaban J connectivity index is 1.99. The van der Waals surface area contributed by atoms with E-state index in [9.17, 15) is 18.0 Å². The summed E-state index contributed by atoms with van der Waals surface area (Å²) in [4.78, 5) is 12.4. The Morgan fingerprint density at radius 1 is 1.10 bits per heavy atom. The smallest absolute Gasteiger partial charge is 0.406 e. The fourth-order valence-corrected chi connectivity index (χ4v) is 2.50. The first-order valence-electron chi connectivity index (χ1n) is 8.35. The van der Waals surface area contributed by atoms with Crippen LogP contribution in [-0.4, -0.2) is 22.4 Å². The van der Waals surface area contributed by atoms with Crippen LogP contribution in [0.4, 0.5) is 18.9 Å². The molecule has 3 aromatic rings. The number of benzene rings is 2. The summed E-state index contributed by atoms with van der Waals surface area (Å²) in [7, 11) is 0. The van der Waals surface area contributed by atoms with Crippen molar-refractivity contribution in [1.82, 2.24) is 9.78 Å². The molecule has 0 saturated carbocycles. The van der Waals surface area contributed by atoms with Crippen LogP contribution in [0, 0.1) is 5.41 Å². The molecule has 1 aromatic heterocycles. The molecule has 2 aromatic carbocycles. The van der Waals surface area contributed by atoms with E-state index in [4.69, 9.17) is 5.41 Å². The Kier molecular flexibility index (Phi) is 5.77. The van der Waals surface area contributed by atoms with Gasteiger partial charge in [-0.2, -0.15) is 5.10 Å². The van der Waals surface area contributed by atoms with E-state index in [0.717, 1.165) is 18.3 Å². The summed E-state index contributed by atoms with van der Waals surface area (Å²) in [5.41, 5.74) is 0.801. The van der Waals surface area contributed by atoms with Crippen LogP contribution in [0.25, 0.3) is 11.4 Å². The first-order valence-corrected chi connectivity index (χ1v) is 8.35. The standard InChI is InChI=1S/C20H15F3N4O2/c21-20(22,23)29-16-8-4-7-15(13-16)27-12-10-18(28)19(26-27)17(9-11-24)25-14-5-2-1-3-6-14/h1-13,24-25H/b17-9-,24-11?. The minimum absolute atomic E-state index is 0.00185. The van der Waals surface area contributed by atoms with Gasteiger partial charge < -0.3 is 15.5 Å². The van der Waals surface area contributed by atoms with Crippen molar-refractivity contribution in [3.8, 4) is 11.4 Å². The van der Waals surface area contributed by atoms with Crippen molar-refractivity contribution < 1.29 is 17.9 Å². The molecule has 3 rings (SSSR count). The molecule has 0 spiro atoms. The summed E-state index contributed by atoms with van der Waals surface area (Å²) in [6.45, 7) is 0. The maximum absolute atomic E-state index is 12.5. The third kappa shape index (κ3) is 5.32. The van der Waals surface area contributed by atoms with Gasteiger partial charge in [0, 0.05) is 30.2 Å². The van der Waals surface area contributed by atoms with Gasteiger partial charge in [0.05, 0.1) is 11.4 Å². The van der Waals surface area contributed by atoms with Gasteiger partial charge in [0.1, 0.15) is 5.75 Å². The molecular formula is C20H15F3N4O2. The zero-order chi connectivity index (χ0) is 20.9. The lowest BCUT2D eigenvalue weighted by molar-refractivity contribution is -0.274. The van der Waals surface area contributed by atoms with Gasteiger partial charge in [0.15, 0.2) is 5.69 Å². The number of para-hydroxylation sites is 1. The molecule has 0 aliphatic carbocycles. The van der Waals surface area contributed by atoms with Crippen molar-refractivity contribution in [2.45, 2.75) is 6.36 Å². The molecule has 0 fully saturated rings. The third-order valence-electron chi connectivity index (χ3n) is 3.68. The van der Waals surface area contributed by atoms with Crippen molar-refractivity contribution in [3.63, 3.8) is 0 Å². The summed E-state index contributed by atoms with van der Waals surface area (Å²) in [5.74, 6) is -0.408. The first-order chi connectivity index (χ1) is 13.9. The third-order valence-corrected chi connectivity index (χ3v) is 3.68. The molecule has 0 bridgehead atoms. The molecule has 0 saturated heterocycles. The highest BCUT2D eigenvalue weighted by molar-refractivity contribution is 5.86. The van der Waals surface area contributed by atoms with E-state index < -0.39 is 17.5 Å². The van der Waals surface area contributed by atoms with Crippen molar-refractivity contribution in [3.05, 3.63) is 88.9 Å². The van der Waals surface area contributed by atoms with Gasteiger partial charge in [-0.15, -0.1) is 13.2 Å². The molecule has 0 atom stereocenters. The number of hydrogen-bond acceptors (Lipinski definition) is 5. The second kappa shape index (κ2) is 8.42. The van der Waals surface area contributed by atoms with Gasteiger partial charge in [-0.3, -0.25) is 4.79 Å². The monoisotopic (exact) mass is 400 g/mol. The van der Waals surface area contributed by atoms with Crippen LogP contribution in [0.3, 0.4) is 0 Å². The topological polar surface area (TPSA) is 80.0 Å². The van der Waals surface area contributed by atoms with E-state index in [1.165, 1.54) is 35.2 Å². The number of alkyl halides is 3. The molecule has 9 heteroatoms. The molecule has 0 amide bonds. The van der Waals surface area contributed by atoms with Crippen LogP contribution < -0.4 is 15.5 Å². The van der Waals surface area contributed by atoms with Crippen LogP contribution in [0.2, 0.25) is 0 Å². The average molecular weight is 400 g/mol. The lowest BCUT2D eigenvalue weighted by Crippen LogP contribution is -2.19. The number of ether oxygens (including phenoxy) is 1. The van der Waals surface area contributed by atoms with E-state index in [2.05, 4.69) is 15.2 Å². The molecule has 6 nitrogen and oxygen atoms in total. The lowest BCUT2D eigenvalue weighted by atomic mass is 10.2. The second-order valence-electron chi connectivity index (χ2n) is 5.76. The summed E-state index contributed by atoms with van der Waals surface area (Å²) in [6, 6.07) is 15.4. The molecule has 0 aliphatic rings. The molecule has 0 radical (unpaired) electrons. The molecule has 1 heterocycles. The van der Waals surface area contributed by atoms with Crippen LogP contribution in [-0.2, 0) is 0 Å². The van der Waals surface area contributed by atoms with E-state index >= 15 is 0 Å². The van der Waals surface area contributed by atoms with E-state index in [-0.39, 0.29) is 17.1 Å². The molecule has 29 heavy (non-hydrogen) atoms. The minimum atomic E-state index is -4.82. The van der Waals surface area contributed by atoms with Gasteiger partial charge in [-0.25, -0.2) is 4.68 Å². The number of anilines is 1. The van der Waals surface area contributed by atoms with Gasteiger partial charge >= 0.3 is 6.36 Å². The zero-order valence-electron chi connectivity index (χ0n) is 14.9. The predicted molar refractivity (Wildman–Crippen MR) is 103 cm³/mol. The fourth-order valence-electron chi connectivity index (χ4n) is 2.50. The highest BCUT2D eigenvalue weighted by Gasteiger charge is 2.31. The van der Waals surface area contributed by atoms with Gasteiger partial charge in [0.25, 0.3) is 0 Å². The Labute approximate surface area is 163 Å². The second-order valence-corrected chi connectivity index (χ2v) is 5.76. The van der Waals surface area contributed by atoms with Crippen LogP contribution in [0.5, 0.6) is 5.75 Å². The number of nitrogens with zero attached hydrogens (tertiary/aromatic N) is 2. The van der Waals surface area contributed by atoms with Gasteiger partial charge in [-0.05, 0) is 30.3 Å². The maximum atomic E-state index is 12.5. The van der Waals surface area contributed by atoms with Crippen molar-refractivity contribution >= 4 is 17.6 Å². The largest absolute Gasteiger partial charge is 0.573 e. The lowest BCUT2D eigenvalue weighted by Gasteiger charge is -2.13. The molecular weight excluding hydrogens is 385 g/mol. The fraction of sp³-hybridized carbons (Fsp3) is 0.0500. The van der Waals surface area contributed by atoms with Crippen molar-refractivity contribution in [1.29, 1.82) is 5.41 Å². The summed E-state index contributed by atoms with van der Waals surface area (Å²) in [5, 5.41) is 14.6. The highest BCUT2D eigenvalue weighted by Crippen LogP contribution is 2.24. The maximum Gasteiger partial charge on any atom is 0.573 e. The molecule has 2 N–H and O–H groups in total. The van der Waals surface area contributed by atoms with Crippen LogP contribution in [0.1, 0.15) is 5.69 Å². The summed E-state index contributed by atoms with van der Waals surface area (Å²) in [6.07, 6.45) is -1.12. The predicted octanol–water partition coefficient (Wildman–Crippen LogP) is 4.23. The number of hydrogen-bond donors (Lipinski definition) is 2. The summed E-state index contributed by atoms with van der Waals surface area (Å²) >= 11 is 0. The van der Waals surface area contributed by atoms with E-state index in [1.54, 1.807) is 24.3 Å². The number of nitrogens with one attached hydrogen (secondary N) is 2. The Morgan fingerprint density at radius 3 is 2.55 bits per heavy atom. The Bertz CT molecular complexity index is 1090. The number of aromatic nitrogens is 2. The minimum Gasteiger partial charge on any atom is -0.406 e.